The van der Waals surface area contributed by atoms with Crippen molar-refractivity contribution in [3.8, 4) is 5.75 Å². The van der Waals surface area contributed by atoms with Gasteiger partial charge in [-0.15, -0.1) is 5.06 Å². The number of anilines is 1. The van der Waals surface area contributed by atoms with Crippen LogP contribution >= 0.6 is 0 Å². The summed E-state index contributed by atoms with van der Waals surface area (Å²) in [5.74, 6) is 0.336. The van der Waals surface area contributed by atoms with Crippen molar-refractivity contribution < 1.29 is 14.6 Å². The second-order valence-corrected chi connectivity index (χ2v) is 4.11. The molecule has 0 radical (unpaired) electrons. The van der Waals surface area contributed by atoms with Crippen molar-refractivity contribution in [2.45, 2.75) is 6.92 Å². The van der Waals surface area contributed by atoms with Crippen LogP contribution in [0.5, 0.6) is 5.75 Å². The zero-order chi connectivity index (χ0) is 14.5. The summed E-state index contributed by atoms with van der Waals surface area (Å²) < 4.78 is 0. The predicted molar refractivity (Wildman–Crippen MR) is 73.4 cm³/mol. The van der Waals surface area contributed by atoms with Crippen LogP contribution in [0.25, 0.3) is 0 Å². The number of nitrogens with zero attached hydrogens (tertiary/aromatic N) is 2. The van der Waals surface area contributed by atoms with Crippen LogP contribution < -0.4 is 9.90 Å². The van der Waals surface area contributed by atoms with Crippen LogP contribution in [0.2, 0.25) is 0 Å². The third kappa shape index (κ3) is 3.11. The maximum absolute atomic E-state index is 11.1. The van der Waals surface area contributed by atoms with Crippen molar-refractivity contribution in [2.24, 2.45) is 0 Å². The Morgan fingerprint density at radius 3 is 2.20 bits per heavy atom. The summed E-state index contributed by atoms with van der Waals surface area (Å²) in [6.07, 6.45) is 0.534. The molecule has 0 heterocycles. The minimum Gasteiger partial charge on any atom is -0.372 e. The number of carbonyl (C=O) groups is 1. The van der Waals surface area contributed by atoms with E-state index in [1.807, 2.05) is 19.1 Å². The molecule has 0 aliphatic rings. The minimum atomic E-state index is -0.499. The van der Waals surface area contributed by atoms with E-state index in [0.717, 1.165) is 10.6 Å². The molecule has 6 nitrogen and oxygen atoms in total. The Morgan fingerprint density at radius 1 is 1.10 bits per heavy atom. The molecule has 1 amide bonds. The van der Waals surface area contributed by atoms with Gasteiger partial charge in [0, 0.05) is 12.1 Å². The van der Waals surface area contributed by atoms with E-state index >= 15 is 0 Å². The number of nitro groups is 1. The van der Waals surface area contributed by atoms with Crippen molar-refractivity contribution in [3.63, 3.8) is 0 Å². The number of carbonyl (C=O) groups excluding carboxylic acids is 1. The van der Waals surface area contributed by atoms with Gasteiger partial charge in [0.25, 0.3) is 5.69 Å². The fraction of sp³-hybridized carbons (Fsp3) is 0.0714. The Balaban J connectivity index is 2.15. The van der Waals surface area contributed by atoms with Crippen molar-refractivity contribution in [3.05, 3.63) is 64.2 Å². The maximum Gasteiger partial charge on any atom is 0.269 e. The van der Waals surface area contributed by atoms with Crippen LogP contribution in [-0.2, 0) is 4.79 Å². The Hall–Kier alpha value is -2.89. The summed E-state index contributed by atoms with van der Waals surface area (Å²) in [6.45, 7) is 1.94. The number of hydroxylamine groups is 1. The van der Waals surface area contributed by atoms with Gasteiger partial charge in [-0.3, -0.25) is 14.9 Å². The SMILES string of the molecule is Cc1ccc(N(C=O)Oc2ccc([N+](=O)[O-])cc2)cc1. The zero-order valence-corrected chi connectivity index (χ0v) is 10.7. The first-order valence-corrected chi connectivity index (χ1v) is 5.84. The van der Waals surface area contributed by atoms with Crippen LogP contribution in [0.4, 0.5) is 11.4 Å². The Bertz CT molecular complexity index is 608. The first kappa shape index (κ1) is 13.5. The second kappa shape index (κ2) is 5.83. The normalized spacial score (nSPS) is 9.85. The van der Waals surface area contributed by atoms with Crippen molar-refractivity contribution in [2.75, 3.05) is 5.06 Å². The van der Waals surface area contributed by atoms with E-state index in [2.05, 4.69) is 0 Å². The third-order valence-corrected chi connectivity index (χ3v) is 2.64. The summed E-state index contributed by atoms with van der Waals surface area (Å²) in [7, 11) is 0. The first-order valence-electron chi connectivity index (χ1n) is 5.84. The molecule has 0 aliphatic heterocycles. The molecule has 0 aliphatic carbocycles. The van der Waals surface area contributed by atoms with Gasteiger partial charge in [0.15, 0.2) is 5.75 Å². The molecule has 0 unspecified atom stereocenters. The van der Waals surface area contributed by atoms with Gasteiger partial charge in [-0.05, 0) is 31.2 Å². The molecule has 2 aromatic carbocycles. The van der Waals surface area contributed by atoms with E-state index in [1.165, 1.54) is 24.3 Å². The quantitative estimate of drug-likeness (QED) is 0.476. The predicted octanol–water partition coefficient (Wildman–Crippen LogP) is 2.86. The van der Waals surface area contributed by atoms with Gasteiger partial charge in [-0.2, -0.15) is 0 Å². The van der Waals surface area contributed by atoms with Crippen molar-refractivity contribution in [1.29, 1.82) is 0 Å². The third-order valence-electron chi connectivity index (χ3n) is 2.64. The van der Waals surface area contributed by atoms with Gasteiger partial charge in [-0.25, -0.2) is 0 Å². The number of amides is 1. The fourth-order valence-corrected chi connectivity index (χ4v) is 1.57. The molecule has 0 aromatic heterocycles. The van der Waals surface area contributed by atoms with Crippen LogP contribution in [0, 0.1) is 17.0 Å². The number of rotatable bonds is 5. The van der Waals surface area contributed by atoms with Gasteiger partial charge >= 0.3 is 0 Å². The number of hydrogen-bond acceptors (Lipinski definition) is 4. The summed E-state index contributed by atoms with van der Waals surface area (Å²) in [4.78, 5) is 26.5. The molecule has 2 aromatic rings. The molecule has 0 saturated carbocycles. The molecule has 6 heteroatoms. The lowest BCUT2D eigenvalue weighted by molar-refractivity contribution is -0.384. The van der Waals surface area contributed by atoms with Crippen LogP contribution in [0.3, 0.4) is 0 Å². The topological polar surface area (TPSA) is 72.7 Å². The van der Waals surface area contributed by atoms with Crippen LogP contribution in [0.15, 0.2) is 48.5 Å². The van der Waals surface area contributed by atoms with Crippen LogP contribution in [-0.4, -0.2) is 11.3 Å². The molecule has 0 bridgehead atoms. The minimum absolute atomic E-state index is 0.0367. The lowest BCUT2D eigenvalue weighted by Crippen LogP contribution is -2.25. The molecular formula is C14H12N2O4. The molecule has 0 atom stereocenters. The lowest BCUT2D eigenvalue weighted by atomic mass is 10.2. The van der Waals surface area contributed by atoms with E-state index in [0.29, 0.717) is 17.8 Å². The van der Waals surface area contributed by atoms with Gasteiger partial charge in [0.05, 0.1) is 10.6 Å². The molecule has 0 spiro atoms. The molecular weight excluding hydrogens is 260 g/mol. The van der Waals surface area contributed by atoms with E-state index < -0.39 is 4.92 Å². The highest BCUT2D eigenvalue weighted by Crippen LogP contribution is 2.21. The molecule has 0 fully saturated rings. The molecule has 20 heavy (non-hydrogen) atoms. The second-order valence-electron chi connectivity index (χ2n) is 4.11. The number of benzene rings is 2. The Morgan fingerprint density at radius 2 is 1.70 bits per heavy atom. The summed E-state index contributed by atoms with van der Waals surface area (Å²) in [5.41, 5.74) is 1.60. The average molecular weight is 272 g/mol. The monoisotopic (exact) mass is 272 g/mol. The van der Waals surface area contributed by atoms with E-state index in [4.69, 9.17) is 4.84 Å². The fourth-order valence-electron chi connectivity index (χ4n) is 1.57. The average Bonchev–Trinajstić information content (AvgIpc) is 2.46. The summed E-state index contributed by atoms with van der Waals surface area (Å²) in [6, 6.07) is 12.7. The van der Waals surface area contributed by atoms with Gasteiger partial charge in [0.2, 0.25) is 6.41 Å². The van der Waals surface area contributed by atoms with Crippen LogP contribution in [0.1, 0.15) is 5.56 Å². The van der Waals surface area contributed by atoms with Crippen molar-refractivity contribution in [1.82, 2.24) is 0 Å². The van der Waals surface area contributed by atoms with Gasteiger partial charge in [0.1, 0.15) is 0 Å². The maximum atomic E-state index is 11.1. The molecule has 2 rings (SSSR count). The summed E-state index contributed by atoms with van der Waals surface area (Å²) >= 11 is 0. The number of aryl methyl sites for hydroxylation is 1. The Kier molecular flexibility index (Phi) is 3.95. The molecule has 0 N–H and O–H groups in total. The number of nitro benzene ring substituents is 1. The van der Waals surface area contributed by atoms with Gasteiger partial charge < -0.3 is 4.84 Å². The summed E-state index contributed by atoms with van der Waals surface area (Å²) in [5, 5.41) is 11.6. The highest BCUT2D eigenvalue weighted by atomic mass is 16.7. The standard InChI is InChI=1S/C14H12N2O4/c1-11-2-4-12(5-3-11)15(10-17)20-14-8-6-13(7-9-14)16(18)19/h2-10H,1H3. The van der Waals surface area contributed by atoms with Gasteiger partial charge in [-0.1, -0.05) is 17.7 Å². The molecule has 102 valence electrons. The first-order chi connectivity index (χ1) is 9.60. The van der Waals surface area contributed by atoms with E-state index in [-0.39, 0.29) is 5.69 Å². The van der Waals surface area contributed by atoms with Crippen molar-refractivity contribution >= 4 is 17.8 Å². The Labute approximate surface area is 115 Å². The van der Waals surface area contributed by atoms with E-state index in [9.17, 15) is 14.9 Å². The highest BCUT2D eigenvalue weighted by molar-refractivity contribution is 5.72. The zero-order valence-electron chi connectivity index (χ0n) is 10.7. The highest BCUT2D eigenvalue weighted by Gasteiger charge is 2.09. The van der Waals surface area contributed by atoms with E-state index in [1.54, 1.807) is 12.1 Å². The number of non-ortho nitro benzene ring substituents is 1. The molecule has 0 saturated heterocycles. The lowest BCUT2D eigenvalue weighted by Gasteiger charge is -2.17. The largest absolute Gasteiger partial charge is 0.372 e. The number of hydrogen-bond donors (Lipinski definition) is 0. The smallest absolute Gasteiger partial charge is 0.269 e.